The van der Waals surface area contributed by atoms with Gasteiger partial charge < -0.3 is 0 Å². The average molecular weight is 389 g/mol. The number of fused-ring (bicyclic) bond motifs is 1. The van der Waals surface area contributed by atoms with Gasteiger partial charge in [-0.1, -0.05) is 0 Å². The summed E-state index contributed by atoms with van der Waals surface area (Å²) in [5.41, 5.74) is 2.87. The number of alkyl halides is 3. The minimum Gasteiger partial charge on any atom is -0.298 e. The lowest BCUT2D eigenvalue weighted by Gasteiger charge is -2.32. The molecule has 0 aromatic carbocycles. The van der Waals surface area contributed by atoms with Crippen molar-refractivity contribution in [3.8, 4) is 0 Å². The third-order valence-corrected chi connectivity index (χ3v) is 5.32. The van der Waals surface area contributed by atoms with Gasteiger partial charge in [0.05, 0.1) is 5.69 Å². The van der Waals surface area contributed by atoms with E-state index in [0.29, 0.717) is 11.4 Å². The van der Waals surface area contributed by atoms with E-state index in [1.807, 2.05) is 19.2 Å². The quantitative estimate of drug-likeness (QED) is 0.676. The van der Waals surface area contributed by atoms with Gasteiger partial charge >= 0.3 is 6.18 Å². The molecule has 0 spiro atoms. The van der Waals surface area contributed by atoms with Crippen LogP contribution >= 0.6 is 0 Å². The molecule has 5 nitrogen and oxygen atoms in total. The molecule has 28 heavy (non-hydrogen) atoms. The number of piperidine rings is 1. The first-order valence-electron chi connectivity index (χ1n) is 9.37. The maximum absolute atomic E-state index is 13.4. The SMILES string of the molecule is Cc1cc(C(F)(F)F)n2nc([C@H]3CCCN(Cc4ccncc4C)C3)cc2n1. The molecule has 148 valence electrons. The summed E-state index contributed by atoms with van der Waals surface area (Å²) in [6.45, 7) is 6.16. The lowest BCUT2D eigenvalue weighted by molar-refractivity contribution is -0.142. The van der Waals surface area contributed by atoms with Gasteiger partial charge in [0.1, 0.15) is 5.69 Å². The summed E-state index contributed by atoms with van der Waals surface area (Å²) in [4.78, 5) is 10.7. The second-order valence-electron chi connectivity index (χ2n) is 7.50. The summed E-state index contributed by atoms with van der Waals surface area (Å²) in [7, 11) is 0. The van der Waals surface area contributed by atoms with Crippen LogP contribution in [0.2, 0.25) is 0 Å². The Labute approximate surface area is 161 Å². The maximum atomic E-state index is 13.4. The number of hydrogen-bond acceptors (Lipinski definition) is 4. The second-order valence-corrected chi connectivity index (χ2v) is 7.50. The Bertz CT molecular complexity index is 995. The van der Waals surface area contributed by atoms with Crippen LogP contribution in [0.4, 0.5) is 13.2 Å². The molecule has 0 N–H and O–H groups in total. The molecule has 3 aromatic heterocycles. The molecule has 0 radical (unpaired) electrons. The van der Waals surface area contributed by atoms with E-state index in [2.05, 4.69) is 20.0 Å². The zero-order chi connectivity index (χ0) is 19.9. The van der Waals surface area contributed by atoms with Gasteiger partial charge in [-0.2, -0.15) is 18.3 Å². The van der Waals surface area contributed by atoms with E-state index in [1.54, 1.807) is 19.2 Å². The fourth-order valence-corrected chi connectivity index (χ4v) is 3.88. The summed E-state index contributed by atoms with van der Waals surface area (Å²) in [6, 6.07) is 4.77. The average Bonchev–Trinajstić information content (AvgIpc) is 3.06. The molecular formula is C20H22F3N5. The summed E-state index contributed by atoms with van der Waals surface area (Å²) in [6.07, 6.45) is 1.08. The Kier molecular flexibility index (Phi) is 4.82. The molecule has 0 saturated carbocycles. The van der Waals surface area contributed by atoms with Crippen LogP contribution in [-0.2, 0) is 12.7 Å². The van der Waals surface area contributed by atoms with E-state index in [0.717, 1.165) is 48.6 Å². The van der Waals surface area contributed by atoms with Crippen molar-refractivity contribution in [2.45, 2.75) is 45.3 Å². The molecule has 8 heteroatoms. The van der Waals surface area contributed by atoms with Crippen molar-refractivity contribution in [1.29, 1.82) is 0 Å². The van der Waals surface area contributed by atoms with Gasteiger partial charge in [-0.25, -0.2) is 9.50 Å². The van der Waals surface area contributed by atoms with E-state index in [1.165, 1.54) is 5.56 Å². The number of rotatable bonds is 3. The number of halogens is 3. The van der Waals surface area contributed by atoms with Crippen LogP contribution < -0.4 is 0 Å². The number of pyridine rings is 1. The number of hydrogen-bond donors (Lipinski definition) is 0. The van der Waals surface area contributed by atoms with Crippen molar-refractivity contribution in [3.63, 3.8) is 0 Å². The molecule has 1 aliphatic heterocycles. The van der Waals surface area contributed by atoms with Gasteiger partial charge in [0.2, 0.25) is 0 Å². The van der Waals surface area contributed by atoms with Crippen LogP contribution in [0.5, 0.6) is 0 Å². The first-order valence-corrected chi connectivity index (χ1v) is 9.37. The Morgan fingerprint density at radius 3 is 2.79 bits per heavy atom. The lowest BCUT2D eigenvalue weighted by Crippen LogP contribution is -2.34. The van der Waals surface area contributed by atoms with Crippen molar-refractivity contribution >= 4 is 5.65 Å². The summed E-state index contributed by atoms with van der Waals surface area (Å²) in [5, 5.41) is 4.30. The molecule has 0 amide bonds. The van der Waals surface area contributed by atoms with Gasteiger partial charge in [0.25, 0.3) is 0 Å². The molecule has 0 unspecified atom stereocenters. The van der Waals surface area contributed by atoms with Crippen LogP contribution in [0.1, 0.15) is 47.0 Å². The van der Waals surface area contributed by atoms with E-state index in [9.17, 15) is 13.2 Å². The van der Waals surface area contributed by atoms with Crippen molar-refractivity contribution in [1.82, 2.24) is 24.5 Å². The van der Waals surface area contributed by atoms with Crippen molar-refractivity contribution in [3.05, 3.63) is 58.8 Å². The fraction of sp³-hybridized carbons (Fsp3) is 0.450. The van der Waals surface area contributed by atoms with E-state index >= 15 is 0 Å². The smallest absolute Gasteiger partial charge is 0.298 e. The van der Waals surface area contributed by atoms with Gasteiger partial charge in [-0.3, -0.25) is 9.88 Å². The minimum atomic E-state index is -4.47. The van der Waals surface area contributed by atoms with E-state index < -0.39 is 11.9 Å². The Balaban J connectivity index is 1.60. The Hall–Kier alpha value is -2.48. The Morgan fingerprint density at radius 2 is 2.04 bits per heavy atom. The van der Waals surface area contributed by atoms with Crippen molar-refractivity contribution < 1.29 is 13.2 Å². The molecule has 4 rings (SSSR count). The van der Waals surface area contributed by atoms with E-state index in [-0.39, 0.29) is 11.6 Å². The van der Waals surface area contributed by atoms with Crippen LogP contribution in [0.25, 0.3) is 5.65 Å². The predicted octanol–water partition coefficient (Wildman–Crippen LogP) is 4.14. The zero-order valence-electron chi connectivity index (χ0n) is 15.9. The van der Waals surface area contributed by atoms with Crippen LogP contribution in [-0.4, -0.2) is 37.6 Å². The number of aryl methyl sites for hydroxylation is 2. The first-order chi connectivity index (χ1) is 13.3. The maximum Gasteiger partial charge on any atom is 0.433 e. The molecule has 1 fully saturated rings. The molecule has 1 saturated heterocycles. The Morgan fingerprint density at radius 1 is 1.21 bits per heavy atom. The molecule has 3 aromatic rings. The topological polar surface area (TPSA) is 46.3 Å². The molecule has 1 aliphatic rings. The minimum absolute atomic E-state index is 0.0963. The largest absolute Gasteiger partial charge is 0.433 e. The third kappa shape index (κ3) is 3.73. The number of nitrogens with zero attached hydrogens (tertiary/aromatic N) is 5. The van der Waals surface area contributed by atoms with Crippen molar-refractivity contribution in [2.75, 3.05) is 13.1 Å². The first kappa shape index (κ1) is 18.9. The monoisotopic (exact) mass is 389 g/mol. The molecule has 4 heterocycles. The molecule has 1 atom stereocenters. The normalized spacial score (nSPS) is 18.7. The number of aromatic nitrogens is 4. The highest BCUT2D eigenvalue weighted by atomic mass is 19.4. The predicted molar refractivity (Wildman–Crippen MR) is 99.0 cm³/mol. The van der Waals surface area contributed by atoms with Crippen LogP contribution in [0.15, 0.2) is 30.6 Å². The fourth-order valence-electron chi connectivity index (χ4n) is 3.88. The third-order valence-electron chi connectivity index (χ3n) is 5.32. The van der Waals surface area contributed by atoms with E-state index in [4.69, 9.17) is 0 Å². The van der Waals surface area contributed by atoms with Gasteiger partial charge in [-0.05, 0) is 56.5 Å². The van der Waals surface area contributed by atoms with Crippen LogP contribution in [0, 0.1) is 13.8 Å². The number of likely N-dealkylation sites (tertiary alicyclic amines) is 1. The highest BCUT2D eigenvalue weighted by Crippen LogP contribution is 2.32. The summed E-state index contributed by atoms with van der Waals surface area (Å²) >= 11 is 0. The zero-order valence-corrected chi connectivity index (χ0v) is 15.9. The van der Waals surface area contributed by atoms with Crippen LogP contribution in [0.3, 0.4) is 0 Å². The molecule has 0 aliphatic carbocycles. The van der Waals surface area contributed by atoms with Gasteiger partial charge in [0.15, 0.2) is 5.65 Å². The molecule has 0 bridgehead atoms. The van der Waals surface area contributed by atoms with Gasteiger partial charge in [0, 0.05) is 43.2 Å². The summed E-state index contributed by atoms with van der Waals surface area (Å²) in [5.74, 6) is 0.0963. The second kappa shape index (κ2) is 7.16. The lowest BCUT2D eigenvalue weighted by atomic mass is 9.94. The highest BCUT2D eigenvalue weighted by Gasteiger charge is 2.35. The summed E-state index contributed by atoms with van der Waals surface area (Å²) < 4.78 is 41.1. The van der Waals surface area contributed by atoms with Crippen molar-refractivity contribution in [2.24, 2.45) is 0 Å². The molecular weight excluding hydrogens is 367 g/mol. The highest BCUT2D eigenvalue weighted by molar-refractivity contribution is 5.43. The standard InChI is InChI=1S/C20H22F3N5/c1-13-10-24-6-5-15(13)11-27-7-3-4-16(12-27)17-9-19-25-14(2)8-18(20(21,22)23)28(19)26-17/h5-6,8-10,16H,3-4,7,11-12H2,1-2H3/t16-/m0/s1. The van der Waals surface area contributed by atoms with Gasteiger partial charge in [-0.15, -0.1) is 0 Å².